The van der Waals surface area contributed by atoms with Gasteiger partial charge in [0, 0.05) is 12.8 Å². The number of carbonyl (C=O) groups is 5. The van der Waals surface area contributed by atoms with Gasteiger partial charge in [0.05, 0.1) is 6.61 Å². The topological polar surface area (TPSA) is 247 Å². The number of primary amides is 1. The summed E-state index contributed by atoms with van der Waals surface area (Å²) in [4.78, 5) is 60.6. The largest absolute Gasteiger partial charge is 0.480 e. The van der Waals surface area contributed by atoms with Gasteiger partial charge >= 0.3 is 5.97 Å². The van der Waals surface area contributed by atoms with Crippen molar-refractivity contribution in [2.24, 2.45) is 5.73 Å². The van der Waals surface area contributed by atoms with Crippen LogP contribution in [-0.2, 0) is 33.4 Å². The first-order valence-electron chi connectivity index (χ1n) is 17.5. The number of hydrogen-bond donors (Lipinski definition) is 8. The van der Waals surface area contributed by atoms with E-state index in [-0.39, 0.29) is 19.3 Å². The lowest BCUT2D eigenvalue weighted by Crippen LogP contribution is -2.66. The standard InChI is InChI=1S/C33H60N4O11/c1-4-5-6-7-8-9-10-11-12-13-14-15-16-17-26(40)37-27-29(28(41)24(20-38)48-33(27)46)47-22(3)31(43)35-21(2)30(42)36-23(32(44)45)18-19-25(34)39/h21-24,27-29,33,38,41,46H,4-20H2,1-3H3,(H2,34,39)(H,35,43)(H,36,42)(H,37,40)(H,44,45)/t21-,22?,23+,24+,27+,28+,29-,33-/m0/s1. The molecule has 1 aliphatic rings. The summed E-state index contributed by atoms with van der Waals surface area (Å²) in [5, 5.41) is 47.6. The minimum Gasteiger partial charge on any atom is -0.480 e. The van der Waals surface area contributed by atoms with E-state index in [0.29, 0.717) is 6.42 Å². The van der Waals surface area contributed by atoms with E-state index in [1.165, 1.54) is 71.6 Å². The molecular formula is C33H60N4O11. The first-order valence-corrected chi connectivity index (χ1v) is 17.5. The van der Waals surface area contributed by atoms with Crippen LogP contribution in [0.5, 0.6) is 0 Å². The molecule has 0 aromatic carbocycles. The highest BCUT2D eigenvalue weighted by Gasteiger charge is 2.47. The molecule has 0 aliphatic carbocycles. The van der Waals surface area contributed by atoms with Crippen molar-refractivity contribution >= 4 is 29.6 Å². The lowest BCUT2D eigenvalue weighted by atomic mass is 9.96. The maximum Gasteiger partial charge on any atom is 0.326 e. The van der Waals surface area contributed by atoms with E-state index in [2.05, 4.69) is 22.9 Å². The minimum absolute atomic E-state index is 0.173. The maximum atomic E-state index is 12.9. The van der Waals surface area contributed by atoms with Crippen molar-refractivity contribution in [1.82, 2.24) is 16.0 Å². The van der Waals surface area contributed by atoms with Crippen LogP contribution in [0.2, 0.25) is 0 Å². The number of ether oxygens (including phenoxy) is 2. The normalized spacial score (nSPS) is 22.7. The van der Waals surface area contributed by atoms with Gasteiger partial charge in [-0.05, 0) is 26.7 Å². The van der Waals surface area contributed by atoms with Crippen LogP contribution in [0.15, 0.2) is 0 Å². The zero-order valence-electron chi connectivity index (χ0n) is 28.9. The fourth-order valence-corrected chi connectivity index (χ4v) is 5.50. The number of nitrogens with two attached hydrogens (primary N) is 1. The summed E-state index contributed by atoms with van der Waals surface area (Å²) < 4.78 is 11.0. The van der Waals surface area contributed by atoms with E-state index in [9.17, 15) is 44.4 Å². The molecule has 0 aromatic rings. The Balaban J connectivity index is 2.59. The van der Waals surface area contributed by atoms with Gasteiger partial charge < -0.3 is 51.6 Å². The molecule has 1 heterocycles. The Morgan fingerprint density at radius 1 is 0.812 bits per heavy atom. The molecule has 48 heavy (non-hydrogen) atoms. The van der Waals surface area contributed by atoms with E-state index in [1.807, 2.05) is 0 Å². The highest BCUT2D eigenvalue weighted by Crippen LogP contribution is 2.24. The second-order valence-electron chi connectivity index (χ2n) is 12.7. The predicted molar refractivity (Wildman–Crippen MR) is 176 cm³/mol. The van der Waals surface area contributed by atoms with Crippen LogP contribution < -0.4 is 21.7 Å². The number of unbranched alkanes of at least 4 members (excludes halogenated alkanes) is 12. The number of hydrogen-bond acceptors (Lipinski definition) is 10. The monoisotopic (exact) mass is 688 g/mol. The molecule has 1 aliphatic heterocycles. The molecule has 15 nitrogen and oxygen atoms in total. The van der Waals surface area contributed by atoms with Crippen molar-refractivity contribution in [1.29, 1.82) is 0 Å². The number of rotatable bonds is 26. The highest BCUT2D eigenvalue weighted by molar-refractivity contribution is 5.91. The van der Waals surface area contributed by atoms with Crippen molar-refractivity contribution in [2.45, 2.75) is 172 Å². The molecule has 8 atom stereocenters. The van der Waals surface area contributed by atoms with Crippen LogP contribution in [0.3, 0.4) is 0 Å². The van der Waals surface area contributed by atoms with Gasteiger partial charge in [-0.1, -0.05) is 84.0 Å². The third kappa shape index (κ3) is 17.0. The van der Waals surface area contributed by atoms with Gasteiger partial charge in [-0.2, -0.15) is 0 Å². The second-order valence-corrected chi connectivity index (χ2v) is 12.7. The summed E-state index contributed by atoms with van der Waals surface area (Å²) in [6.45, 7) is 4.18. The first kappa shape index (κ1) is 43.2. The van der Waals surface area contributed by atoms with E-state index < -0.39 is 85.0 Å². The molecule has 0 aromatic heterocycles. The summed E-state index contributed by atoms with van der Waals surface area (Å²) in [7, 11) is 0. The first-order chi connectivity index (χ1) is 22.8. The molecule has 278 valence electrons. The van der Waals surface area contributed by atoms with E-state index in [0.717, 1.165) is 19.3 Å². The molecule has 0 saturated carbocycles. The van der Waals surface area contributed by atoms with Gasteiger partial charge in [0.25, 0.3) is 0 Å². The van der Waals surface area contributed by atoms with Crippen molar-refractivity contribution in [3.8, 4) is 0 Å². The van der Waals surface area contributed by atoms with Crippen molar-refractivity contribution < 1.29 is 53.9 Å². The van der Waals surface area contributed by atoms with Crippen LogP contribution in [0.1, 0.15) is 124 Å². The number of aliphatic hydroxyl groups is 3. The van der Waals surface area contributed by atoms with Crippen molar-refractivity contribution in [3.05, 3.63) is 0 Å². The summed E-state index contributed by atoms with van der Waals surface area (Å²) in [5.74, 6) is -4.17. The summed E-state index contributed by atoms with van der Waals surface area (Å²) in [5.41, 5.74) is 5.05. The Morgan fingerprint density at radius 3 is 1.85 bits per heavy atom. The summed E-state index contributed by atoms with van der Waals surface area (Å²) >= 11 is 0. The summed E-state index contributed by atoms with van der Waals surface area (Å²) in [6.07, 6.45) is 7.62. The van der Waals surface area contributed by atoms with Gasteiger partial charge in [0.15, 0.2) is 6.29 Å². The number of carbonyl (C=O) groups excluding carboxylic acids is 4. The average Bonchev–Trinajstić information content (AvgIpc) is 3.03. The number of carboxylic acids is 1. The molecule has 1 unspecified atom stereocenters. The molecular weight excluding hydrogens is 628 g/mol. The van der Waals surface area contributed by atoms with Crippen LogP contribution in [0, 0.1) is 0 Å². The van der Waals surface area contributed by atoms with Gasteiger partial charge in [0.2, 0.25) is 23.6 Å². The quantitative estimate of drug-likeness (QED) is 0.0599. The number of aliphatic carboxylic acids is 1. The Labute approximate surface area is 284 Å². The zero-order chi connectivity index (χ0) is 36.1. The van der Waals surface area contributed by atoms with Crippen LogP contribution >= 0.6 is 0 Å². The van der Waals surface area contributed by atoms with Crippen LogP contribution in [0.25, 0.3) is 0 Å². The Morgan fingerprint density at radius 2 is 1.35 bits per heavy atom. The number of amides is 4. The van der Waals surface area contributed by atoms with Crippen molar-refractivity contribution in [2.75, 3.05) is 6.61 Å². The summed E-state index contributed by atoms with van der Waals surface area (Å²) in [6, 6.07) is -3.89. The zero-order valence-corrected chi connectivity index (χ0v) is 28.9. The lowest BCUT2D eigenvalue weighted by Gasteiger charge is -2.43. The van der Waals surface area contributed by atoms with Crippen molar-refractivity contribution in [3.63, 3.8) is 0 Å². The van der Waals surface area contributed by atoms with E-state index in [1.54, 1.807) is 0 Å². The highest BCUT2D eigenvalue weighted by atomic mass is 16.6. The molecule has 0 bridgehead atoms. The fraction of sp³-hybridized carbons (Fsp3) is 0.848. The Hall–Kier alpha value is -2.85. The molecule has 0 spiro atoms. The lowest BCUT2D eigenvalue weighted by molar-refractivity contribution is -0.266. The van der Waals surface area contributed by atoms with Crippen LogP contribution in [0.4, 0.5) is 0 Å². The van der Waals surface area contributed by atoms with Gasteiger partial charge in [-0.15, -0.1) is 0 Å². The maximum absolute atomic E-state index is 12.9. The third-order valence-electron chi connectivity index (χ3n) is 8.48. The Kier molecular flexibility index (Phi) is 21.9. The minimum atomic E-state index is -1.65. The van der Waals surface area contributed by atoms with E-state index >= 15 is 0 Å². The molecule has 4 amide bonds. The van der Waals surface area contributed by atoms with Gasteiger partial charge in [0.1, 0.15) is 42.5 Å². The molecule has 1 rings (SSSR count). The number of nitrogens with one attached hydrogen (secondary N) is 3. The molecule has 15 heteroatoms. The second kappa shape index (κ2) is 24.3. The number of carboxylic acid groups (broad SMARTS) is 1. The fourth-order valence-electron chi connectivity index (χ4n) is 5.50. The third-order valence-corrected chi connectivity index (χ3v) is 8.48. The molecule has 0 radical (unpaired) electrons. The van der Waals surface area contributed by atoms with Gasteiger partial charge in [-0.25, -0.2) is 4.79 Å². The Bertz CT molecular complexity index is 985. The van der Waals surface area contributed by atoms with E-state index in [4.69, 9.17) is 15.2 Å². The molecule has 1 fully saturated rings. The smallest absolute Gasteiger partial charge is 0.326 e. The molecule has 1 saturated heterocycles. The molecule has 9 N–H and O–H groups in total. The van der Waals surface area contributed by atoms with Crippen LogP contribution in [-0.4, -0.2) is 105 Å². The predicted octanol–water partition coefficient (Wildman–Crippen LogP) is 1.14. The average molecular weight is 689 g/mol. The number of aliphatic hydroxyl groups excluding tert-OH is 3. The SMILES string of the molecule is CCCCCCCCCCCCCCCC(=O)N[C@@H]1[C@H](OC(C)C(=O)N[C@@H](C)C(=O)N[C@H](CCC(N)=O)C(=O)O)[C@H](O)[C@@H](CO)O[C@@H]1O. The van der Waals surface area contributed by atoms with Gasteiger partial charge in [-0.3, -0.25) is 19.2 Å².